The van der Waals surface area contributed by atoms with E-state index in [1.165, 1.54) is 5.56 Å². The molecule has 0 aliphatic heterocycles. The Morgan fingerprint density at radius 2 is 1.92 bits per heavy atom. The largest absolute Gasteiger partial charge is 0.339 e. The van der Waals surface area contributed by atoms with Gasteiger partial charge in [-0.15, -0.1) is 0 Å². The van der Waals surface area contributed by atoms with Crippen molar-refractivity contribution in [1.82, 2.24) is 9.38 Å². The molecular formula is C21H27N4O+. The fourth-order valence-electron chi connectivity index (χ4n) is 3.10. The molecule has 0 bridgehead atoms. The first-order valence-corrected chi connectivity index (χ1v) is 9.17. The number of anilines is 1. The van der Waals surface area contributed by atoms with Gasteiger partial charge in [0.15, 0.2) is 0 Å². The number of nitrogens with one attached hydrogen (secondary N) is 1. The summed E-state index contributed by atoms with van der Waals surface area (Å²) >= 11 is 0. The third kappa shape index (κ3) is 4.49. The zero-order chi connectivity index (χ0) is 18.5. The van der Waals surface area contributed by atoms with Gasteiger partial charge in [-0.1, -0.05) is 38.1 Å². The van der Waals surface area contributed by atoms with Gasteiger partial charge in [-0.05, 0) is 36.6 Å². The minimum atomic E-state index is 0.0526. The van der Waals surface area contributed by atoms with E-state index in [4.69, 9.17) is 0 Å². The summed E-state index contributed by atoms with van der Waals surface area (Å²) in [5.41, 5.74) is 4.06. The van der Waals surface area contributed by atoms with Gasteiger partial charge in [0, 0.05) is 18.1 Å². The Labute approximate surface area is 154 Å². The highest BCUT2D eigenvalue weighted by molar-refractivity contribution is 5.91. The van der Waals surface area contributed by atoms with Crippen LogP contribution in [-0.2, 0) is 11.3 Å². The maximum Gasteiger partial charge on any atom is 0.230 e. The second-order valence-corrected chi connectivity index (χ2v) is 7.11. The summed E-state index contributed by atoms with van der Waals surface area (Å²) in [4.78, 5) is 17.0. The molecule has 1 amide bonds. The number of amides is 1. The lowest BCUT2D eigenvalue weighted by molar-refractivity contribution is -0.700. The number of pyridine rings is 1. The number of para-hydroxylation sites is 1. The molecule has 0 fully saturated rings. The number of nitrogens with zero attached hydrogens (tertiary/aromatic N) is 2. The van der Waals surface area contributed by atoms with Gasteiger partial charge >= 0.3 is 0 Å². The number of hydrogen-bond acceptors (Lipinski definition) is 2. The molecule has 2 aromatic heterocycles. The predicted molar refractivity (Wildman–Crippen MR) is 104 cm³/mol. The van der Waals surface area contributed by atoms with E-state index in [1.807, 2.05) is 53.2 Å². The topological polar surface area (TPSA) is 63.0 Å². The van der Waals surface area contributed by atoms with E-state index < -0.39 is 0 Å². The molecule has 5 heteroatoms. The van der Waals surface area contributed by atoms with E-state index in [0.717, 1.165) is 23.6 Å². The third-order valence-corrected chi connectivity index (χ3v) is 4.51. The molecule has 0 radical (unpaired) electrons. The number of quaternary nitrogens is 1. The van der Waals surface area contributed by atoms with E-state index >= 15 is 0 Å². The van der Waals surface area contributed by atoms with Crippen LogP contribution in [0.25, 0.3) is 5.65 Å². The average molecular weight is 351 g/mol. The molecule has 0 aliphatic carbocycles. The van der Waals surface area contributed by atoms with Crippen LogP contribution in [0.1, 0.15) is 44.4 Å². The van der Waals surface area contributed by atoms with Crippen LogP contribution in [0.2, 0.25) is 0 Å². The van der Waals surface area contributed by atoms with E-state index in [1.54, 1.807) is 0 Å². The van der Waals surface area contributed by atoms with Crippen molar-refractivity contribution in [2.45, 2.75) is 45.7 Å². The average Bonchev–Trinajstić information content (AvgIpc) is 3.03. The van der Waals surface area contributed by atoms with Gasteiger partial charge in [0.05, 0.1) is 12.5 Å². The van der Waals surface area contributed by atoms with Gasteiger partial charge in [-0.2, -0.15) is 0 Å². The molecule has 2 heterocycles. The number of aromatic nitrogens is 2. The normalized spacial score (nSPS) is 12.5. The SMILES string of the molecule is CC(C)c1ccccc1NC(=O)C[C@@H](C)[NH2+]Cc1cn2ccccc2n1. The molecule has 0 spiro atoms. The van der Waals surface area contributed by atoms with Gasteiger partial charge in [0.1, 0.15) is 17.9 Å². The summed E-state index contributed by atoms with van der Waals surface area (Å²) in [5.74, 6) is 0.433. The summed E-state index contributed by atoms with van der Waals surface area (Å²) in [6, 6.07) is 14.2. The number of carbonyl (C=O) groups is 1. The van der Waals surface area contributed by atoms with E-state index in [2.05, 4.69) is 42.5 Å². The Balaban J connectivity index is 1.53. The molecule has 26 heavy (non-hydrogen) atoms. The van der Waals surface area contributed by atoms with Crippen molar-refractivity contribution in [3.8, 4) is 0 Å². The van der Waals surface area contributed by atoms with E-state index in [0.29, 0.717) is 12.3 Å². The minimum absolute atomic E-state index is 0.0526. The lowest BCUT2D eigenvalue weighted by Crippen LogP contribution is -2.88. The fourth-order valence-corrected chi connectivity index (χ4v) is 3.10. The summed E-state index contributed by atoms with van der Waals surface area (Å²) in [6.07, 6.45) is 4.51. The number of nitrogens with two attached hydrogens (primary N) is 1. The summed E-state index contributed by atoms with van der Waals surface area (Å²) in [7, 11) is 0. The monoisotopic (exact) mass is 351 g/mol. The van der Waals surface area contributed by atoms with Crippen molar-refractivity contribution >= 4 is 17.2 Å². The maximum absolute atomic E-state index is 12.4. The number of carbonyl (C=O) groups excluding carboxylic acids is 1. The van der Waals surface area contributed by atoms with Crippen molar-refractivity contribution in [2.75, 3.05) is 5.32 Å². The Morgan fingerprint density at radius 3 is 2.69 bits per heavy atom. The highest BCUT2D eigenvalue weighted by Gasteiger charge is 2.15. The molecular weight excluding hydrogens is 324 g/mol. The standard InChI is InChI=1S/C21H26N4O/c1-15(2)18-8-4-5-9-19(18)24-21(26)12-16(3)22-13-17-14-25-11-7-6-10-20(25)23-17/h4-11,14-16,22H,12-13H2,1-3H3,(H,24,26)/p+1/t16-/m1/s1. The van der Waals surface area contributed by atoms with Crippen molar-refractivity contribution < 1.29 is 10.1 Å². The Morgan fingerprint density at radius 1 is 1.15 bits per heavy atom. The summed E-state index contributed by atoms with van der Waals surface area (Å²) in [6.45, 7) is 7.11. The highest BCUT2D eigenvalue weighted by atomic mass is 16.1. The molecule has 3 aromatic rings. The second-order valence-electron chi connectivity index (χ2n) is 7.11. The Kier molecular flexibility index (Phi) is 5.68. The molecule has 1 atom stereocenters. The molecule has 3 rings (SSSR count). The first kappa shape index (κ1) is 18.1. The number of fused-ring (bicyclic) bond motifs is 1. The van der Waals surface area contributed by atoms with Crippen LogP contribution in [0.3, 0.4) is 0 Å². The van der Waals surface area contributed by atoms with E-state index in [9.17, 15) is 4.79 Å². The Hall–Kier alpha value is -2.66. The van der Waals surface area contributed by atoms with Crippen molar-refractivity contribution in [2.24, 2.45) is 0 Å². The van der Waals surface area contributed by atoms with Crippen molar-refractivity contribution in [3.05, 3.63) is 66.1 Å². The highest BCUT2D eigenvalue weighted by Crippen LogP contribution is 2.23. The minimum Gasteiger partial charge on any atom is -0.339 e. The van der Waals surface area contributed by atoms with Crippen molar-refractivity contribution in [3.63, 3.8) is 0 Å². The maximum atomic E-state index is 12.4. The number of benzene rings is 1. The van der Waals surface area contributed by atoms with Crippen LogP contribution in [0, 0.1) is 0 Å². The third-order valence-electron chi connectivity index (χ3n) is 4.51. The van der Waals surface area contributed by atoms with Crippen LogP contribution in [-0.4, -0.2) is 21.3 Å². The molecule has 0 aliphatic rings. The van der Waals surface area contributed by atoms with Crippen LogP contribution >= 0.6 is 0 Å². The molecule has 0 saturated carbocycles. The lowest BCUT2D eigenvalue weighted by atomic mass is 10.0. The Bertz CT molecular complexity index is 851. The molecule has 0 saturated heterocycles. The van der Waals surface area contributed by atoms with Gasteiger partial charge < -0.3 is 15.0 Å². The van der Waals surface area contributed by atoms with Gasteiger partial charge in [0.25, 0.3) is 0 Å². The van der Waals surface area contributed by atoms with Crippen LogP contribution in [0.5, 0.6) is 0 Å². The number of imidazole rings is 1. The smallest absolute Gasteiger partial charge is 0.230 e. The molecule has 1 aromatic carbocycles. The van der Waals surface area contributed by atoms with Crippen LogP contribution in [0.15, 0.2) is 54.9 Å². The quantitative estimate of drug-likeness (QED) is 0.687. The summed E-state index contributed by atoms with van der Waals surface area (Å²) in [5, 5.41) is 5.23. The molecule has 0 unspecified atom stereocenters. The number of rotatable bonds is 7. The zero-order valence-electron chi connectivity index (χ0n) is 15.6. The van der Waals surface area contributed by atoms with Gasteiger partial charge in [-0.3, -0.25) is 4.79 Å². The zero-order valence-corrected chi connectivity index (χ0v) is 15.6. The van der Waals surface area contributed by atoms with Gasteiger partial charge in [-0.25, -0.2) is 4.98 Å². The number of hydrogen-bond donors (Lipinski definition) is 2. The molecule has 3 N–H and O–H groups in total. The van der Waals surface area contributed by atoms with E-state index in [-0.39, 0.29) is 11.9 Å². The fraction of sp³-hybridized carbons (Fsp3) is 0.333. The predicted octanol–water partition coefficient (Wildman–Crippen LogP) is 2.94. The molecule has 5 nitrogen and oxygen atoms in total. The second kappa shape index (κ2) is 8.15. The van der Waals surface area contributed by atoms with Crippen molar-refractivity contribution in [1.29, 1.82) is 0 Å². The van der Waals surface area contributed by atoms with Crippen LogP contribution in [0.4, 0.5) is 5.69 Å². The molecule has 136 valence electrons. The first-order chi connectivity index (χ1) is 12.5. The van der Waals surface area contributed by atoms with Crippen LogP contribution < -0.4 is 10.6 Å². The summed E-state index contributed by atoms with van der Waals surface area (Å²) < 4.78 is 2.02. The lowest BCUT2D eigenvalue weighted by Gasteiger charge is -2.15. The van der Waals surface area contributed by atoms with Gasteiger partial charge in [0.2, 0.25) is 5.91 Å². The first-order valence-electron chi connectivity index (χ1n) is 9.17.